The molecule has 0 spiro atoms. The average Bonchev–Trinajstić information content (AvgIpc) is 2.54. The number of carbonyl (C=O) groups is 2. The highest BCUT2D eigenvalue weighted by Gasteiger charge is 2.07. The van der Waals surface area contributed by atoms with Gasteiger partial charge in [-0.25, -0.2) is 0 Å². The Balaban J connectivity index is 3.92. The number of thioether (sulfide) groups is 1. The fourth-order valence-electron chi connectivity index (χ4n) is 1.42. The molecule has 0 rings (SSSR count). The van der Waals surface area contributed by atoms with E-state index in [0.717, 1.165) is 6.42 Å². The third-order valence-corrected chi connectivity index (χ3v) is 3.71. The summed E-state index contributed by atoms with van der Waals surface area (Å²) in [5.74, 6) is 0.667. The molecular formula is C19H24BO2S. The van der Waals surface area contributed by atoms with Gasteiger partial charge in [0.15, 0.2) is 0 Å². The van der Waals surface area contributed by atoms with Crippen LogP contribution < -0.4 is 0 Å². The summed E-state index contributed by atoms with van der Waals surface area (Å²) in [5.41, 5.74) is 0.880. The molecule has 0 aromatic heterocycles. The van der Waals surface area contributed by atoms with Crippen molar-refractivity contribution in [2.75, 3.05) is 5.75 Å². The summed E-state index contributed by atoms with van der Waals surface area (Å²) in [4.78, 5) is 23.5. The quantitative estimate of drug-likeness (QED) is 0.239. The summed E-state index contributed by atoms with van der Waals surface area (Å²) < 4.78 is 0. The molecule has 0 saturated carbocycles. The summed E-state index contributed by atoms with van der Waals surface area (Å²) in [6.07, 6.45) is 15.8. The lowest BCUT2D eigenvalue weighted by molar-refractivity contribution is -0.109. The van der Waals surface area contributed by atoms with Gasteiger partial charge in [-0.2, -0.15) is 0 Å². The van der Waals surface area contributed by atoms with E-state index >= 15 is 0 Å². The van der Waals surface area contributed by atoms with Gasteiger partial charge < -0.3 is 4.79 Å². The first-order valence-electron chi connectivity index (χ1n) is 7.54. The second-order valence-electron chi connectivity index (χ2n) is 4.67. The molecule has 0 amide bonds. The Kier molecular flexibility index (Phi) is 12.7. The Labute approximate surface area is 145 Å². The van der Waals surface area contributed by atoms with Crippen LogP contribution in [0.15, 0.2) is 72.9 Å². The van der Waals surface area contributed by atoms with Crippen molar-refractivity contribution < 1.29 is 9.59 Å². The monoisotopic (exact) mass is 327 g/mol. The van der Waals surface area contributed by atoms with Crippen LogP contribution >= 0.6 is 11.8 Å². The molecule has 0 aromatic carbocycles. The van der Waals surface area contributed by atoms with E-state index in [1.54, 1.807) is 31.6 Å². The van der Waals surface area contributed by atoms with Gasteiger partial charge in [0.25, 0.3) is 0 Å². The van der Waals surface area contributed by atoms with E-state index < -0.39 is 0 Å². The Morgan fingerprint density at radius 3 is 2.09 bits per heavy atom. The molecule has 0 N–H and O–H groups in total. The zero-order valence-corrected chi connectivity index (χ0v) is 14.8. The lowest BCUT2D eigenvalue weighted by Gasteiger charge is -2.01. The first-order chi connectivity index (χ1) is 11.0. The van der Waals surface area contributed by atoms with Crippen LogP contribution in [-0.4, -0.2) is 23.8 Å². The van der Waals surface area contributed by atoms with Gasteiger partial charge in [0.1, 0.15) is 5.68 Å². The van der Waals surface area contributed by atoms with Crippen molar-refractivity contribution in [2.24, 2.45) is 0 Å². The molecule has 0 saturated heterocycles. The minimum absolute atomic E-state index is 0.0317. The molecule has 0 atom stereocenters. The summed E-state index contributed by atoms with van der Waals surface area (Å²) in [5, 5.41) is -0.0317. The molecular weight excluding hydrogens is 303 g/mol. The van der Waals surface area contributed by atoms with E-state index in [-0.39, 0.29) is 10.8 Å². The minimum Gasteiger partial charge on any atom is -0.307 e. The maximum Gasteiger partial charge on any atom is 0.218 e. The van der Waals surface area contributed by atoms with Crippen LogP contribution in [0.5, 0.6) is 0 Å². The molecule has 0 aliphatic rings. The van der Waals surface area contributed by atoms with E-state index in [1.807, 2.05) is 38.2 Å². The molecule has 2 nitrogen and oxygen atoms in total. The number of hydrogen-bond donors (Lipinski definition) is 0. The third kappa shape index (κ3) is 11.4. The molecule has 4 heteroatoms. The highest BCUT2D eigenvalue weighted by molar-refractivity contribution is 8.14. The van der Waals surface area contributed by atoms with Crippen molar-refractivity contribution >= 4 is 29.8 Å². The summed E-state index contributed by atoms with van der Waals surface area (Å²) in [6.45, 7) is 11.3. The fourth-order valence-corrected chi connectivity index (χ4v) is 2.17. The number of hydrogen-bond acceptors (Lipinski definition) is 3. The standard InChI is InChI=1S/C19H24BO2S/c1-5-7-9-12-16(3)18(21)20-14-11-15-23-19(22)17(4)13-10-8-6-2/h5-10,12-13H,3-4,11,14-15H2,1-2H3/b7-5-,8-6-,12-9-,13-10-. The molecule has 0 fully saturated rings. The van der Waals surface area contributed by atoms with Gasteiger partial charge in [0, 0.05) is 11.3 Å². The molecule has 0 heterocycles. The highest BCUT2D eigenvalue weighted by atomic mass is 32.2. The fraction of sp³-hybridized carbons (Fsp3) is 0.263. The second kappa shape index (κ2) is 13.8. The minimum atomic E-state index is -0.0687. The van der Waals surface area contributed by atoms with Gasteiger partial charge >= 0.3 is 0 Å². The number of carbonyl (C=O) groups excluding carboxylic acids is 2. The summed E-state index contributed by atoms with van der Waals surface area (Å²) in [6, 6.07) is 0. The Hall–Kier alpha value is -1.81. The van der Waals surface area contributed by atoms with Gasteiger partial charge in [0.05, 0.1) is 0 Å². The molecule has 0 aliphatic heterocycles. The Morgan fingerprint density at radius 2 is 1.52 bits per heavy atom. The average molecular weight is 327 g/mol. The van der Waals surface area contributed by atoms with Crippen molar-refractivity contribution in [3.05, 3.63) is 72.9 Å². The highest BCUT2D eigenvalue weighted by Crippen LogP contribution is 2.13. The van der Waals surface area contributed by atoms with Crippen molar-refractivity contribution in [3.63, 3.8) is 0 Å². The van der Waals surface area contributed by atoms with Crippen molar-refractivity contribution in [1.82, 2.24) is 0 Å². The van der Waals surface area contributed by atoms with Crippen LogP contribution in [0.3, 0.4) is 0 Å². The second-order valence-corrected chi connectivity index (χ2v) is 5.73. The number of rotatable bonds is 11. The van der Waals surface area contributed by atoms with Crippen LogP contribution in [0.1, 0.15) is 20.3 Å². The van der Waals surface area contributed by atoms with E-state index in [9.17, 15) is 9.59 Å². The van der Waals surface area contributed by atoms with Crippen LogP contribution in [-0.2, 0) is 9.59 Å². The van der Waals surface area contributed by atoms with Crippen LogP contribution in [0.4, 0.5) is 0 Å². The van der Waals surface area contributed by atoms with Crippen LogP contribution in [0.2, 0.25) is 6.32 Å². The smallest absolute Gasteiger partial charge is 0.218 e. The SMILES string of the molecule is C=C(/C=C\C=C/C)C(=O)[B]CCCSC(=O)C(=C)/C=C\C=C/C. The predicted octanol–water partition coefficient (Wildman–Crippen LogP) is 4.66. The van der Waals surface area contributed by atoms with E-state index in [4.69, 9.17) is 0 Å². The largest absolute Gasteiger partial charge is 0.307 e. The first kappa shape index (κ1) is 21.2. The lowest BCUT2D eigenvalue weighted by atomic mass is 9.66. The van der Waals surface area contributed by atoms with Gasteiger partial charge in [-0.15, -0.1) is 0 Å². The number of allylic oxidation sites excluding steroid dienone is 9. The Morgan fingerprint density at radius 1 is 0.957 bits per heavy atom. The van der Waals surface area contributed by atoms with Crippen LogP contribution in [0.25, 0.3) is 0 Å². The molecule has 0 aliphatic carbocycles. The Bertz CT molecular complexity index is 492. The molecule has 0 aromatic rings. The normalized spacial score (nSPS) is 11.7. The van der Waals surface area contributed by atoms with E-state index in [0.29, 0.717) is 23.2 Å². The van der Waals surface area contributed by atoms with Gasteiger partial charge in [-0.05, 0) is 19.4 Å². The maximum absolute atomic E-state index is 11.8. The van der Waals surface area contributed by atoms with Crippen molar-refractivity contribution in [2.45, 2.75) is 26.6 Å². The van der Waals surface area contributed by atoms with E-state index in [2.05, 4.69) is 13.2 Å². The summed E-state index contributed by atoms with van der Waals surface area (Å²) in [7, 11) is 1.62. The molecule has 121 valence electrons. The maximum atomic E-state index is 11.8. The lowest BCUT2D eigenvalue weighted by Crippen LogP contribution is -2.10. The summed E-state index contributed by atoms with van der Waals surface area (Å²) >= 11 is 1.23. The van der Waals surface area contributed by atoms with Crippen molar-refractivity contribution in [1.29, 1.82) is 0 Å². The topological polar surface area (TPSA) is 34.1 Å². The third-order valence-electron chi connectivity index (χ3n) is 2.69. The van der Waals surface area contributed by atoms with Crippen molar-refractivity contribution in [3.8, 4) is 0 Å². The zero-order chi connectivity index (χ0) is 17.5. The van der Waals surface area contributed by atoms with Gasteiger partial charge in [-0.3, -0.25) is 4.79 Å². The van der Waals surface area contributed by atoms with Gasteiger partial charge in [-0.1, -0.05) is 86.3 Å². The molecule has 0 bridgehead atoms. The zero-order valence-electron chi connectivity index (χ0n) is 14.0. The molecule has 23 heavy (non-hydrogen) atoms. The predicted molar refractivity (Wildman–Crippen MR) is 104 cm³/mol. The first-order valence-corrected chi connectivity index (χ1v) is 8.52. The van der Waals surface area contributed by atoms with E-state index in [1.165, 1.54) is 11.8 Å². The van der Waals surface area contributed by atoms with Gasteiger partial charge in [0.2, 0.25) is 12.4 Å². The molecule has 0 unspecified atom stereocenters. The van der Waals surface area contributed by atoms with Crippen LogP contribution in [0, 0.1) is 0 Å². The molecule has 1 radical (unpaired) electrons.